The molecule has 0 fully saturated rings. The minimum Gasteiger partial charge on any atom is -0.469 e. The molecule has 1 aromatic carbocycles. The first-order valence-electron chi connectivity index (χ1n) is 3.55. The molecule has 0 unspecified atom stereocenters. The number of hydrogen-bond donors (Lipinski definition) is 1. The number of benzene rings is 1. The van der Waals surface area contributed by atoms with Gasteiger partial charge >= 0.3 is 5.97 Å². The summed E-state index contributed by atoms with van der Waals surface area (Å²) in [6, 6.07) is 7.93. The lowest BCUT2D eigenvalue weighted by molar-refractivity contribution is -0.139. The van der Waals surface area contributed by atoms with Crippen LogP contribution in [0.2, 0.25) is 0 Å². The van der Waals surface area contributed by atoms with Gasteiger partial charge in [-0.2, -0.15) is 0 Å². The summed E-state index contributed by atoms with van der Waals surface area (Å²) in [5, 5.41) is 0. The van der Waals surface area contributed by atoms with Crippen molar-refractivity contribution in [2.45, 2.75) is 6.42 Å². The number of carbonyl (C=O) groups excluding carboxylic acids is 1. The number of ether oxygens (including phenoxy) is 1. The molecule has 1 radical (unpaired) electrons. The smallest absolute Gasteiger partial charge is 0.310 e. The van der Waals surface area contributed by atoms with E-state index in [2.05, 4.69) is 10.8 Å². The highest BCUT2D eigenvalue weighted by Crippen LogP contribution is 2.10. The van der Waals surface area contributed by atoms with Crippen molar-refractivity contribution < 1.29 is 9.53 Å². The van der Waals surface area contributed by atoms with Gasteiger partial charge in [-0.05, 0) is 17.7 Å². The highest BCUT2D eigenvalue weighted by molar-refractivity contribution is 5.74. The highest BCUT2D eigenvalue weighted by atomic mass is 16.5. The van der Waals surface area contributed by atoms with Crippen LogP contribution in [0.15, 0.2) is 18.2 Å². The van der Waals surface area contributed by atoms with E-state index in [4.69, 9.17) is 5.73 Å². The number of rotatable bonds is 2. The van der Waals surface area contributed by atoms with Gasteiger partial charge in [0.15, 0.2) is 0 Å². The van der Waals surface area contributed by atoms with E-state index in [-0.39, 0.29) is 12.4 Å². The van der Waals surface area contributed by atoms with Crippen LogP contribution >= 0.6 is 0 Å². The fourth-order valence-electron chi connectivity index (χ4n) is 0.864. The Bertz CT molecular complexity index is 284. The summed E-state index contributed by atoms with van der Waals surface area (Å²) >= 11 is 0. The van der Waals surface area contributed by atoms with Crippen LogP contribution in [0.3, 0.4) is 0 Å². The molecule has 3 heteroatoms. The Morgan fingerprint density at radius 3 is 3.08 bits per heavy atom. The molecule has 0 aliphatic rings. The van der Waals surface area contributed by atoms with Crippen molar-refractivity contribution in [2.75, 3.05) is 12.8 Å². The summed E-state index contributed by atoms with van der Waals surface area (Å²) in [5.74, 6) is -0.284. The van der Waals surface area contributed by atoms with E-state index in [0.29, 0.717) is 5.69 Å². The Morgan fingerprint density at radius 1 is 1.75 bits per heavy atom. The van der Waals surface area contributed by atoms with E-state index >= 15 is 0 Å². The molecule has 2 N–H and O–H groups in total. The van der Waals surface area contributed by atoms with E-state index < -0.39 is 0 Å². The van der Waals surface area contributed by atoms with Gasteiger partial charge in [-0.3, -0.25) is 4.79 Å². The third-order valence-electron chi connectivity index (χ3n) is 1.55. The summed E-state index contributed by atoms with van der Waals surface area (Å²) in [6.45, 7) is 0. The van der Waals surface area contributed by atoms with Gasteiger partial charge in [-0.1, -0.05) is 12.1 Å². The molecule has 63 valence electrons. The van der Waals surface area contributed by atoms with Crippen LogP contribution in [0.5, 0.6) is 0 Å². The van der Waals surface area contributed by atoms with Crippen molar-refractivity contribution in [3.8, 4) is 0 Å². The third-order valence-corrected chi connectivity index (χ3v) is 1.55. The Kier molecular flexibility index (Phi) is 2.69. The van der Waals surface area contributed by atoms with Crippen molar-refractivity contribution in [3.05, 3.63) is 29.8 Å². The van der Waals surface area contributed by atoms with Crippen LogP contribution in [0.25, 0.3) is 0 Å². The first kappa shape index (κ1) is 8.59. The second-order valence-electron chi connectivity index (χ2n) is 2.38. The second kappa shape index (κ2) is 3.76. The van der Waals surface area contributed by atoms with Gasteiger partial charge < -0.3 is 10.5 Å². The Hall–Kier alpha value is -1.51. The van der Waals surface area contributed by atoms with Gasteiger partial charge in [0.25, 0.3) is 0 Å². The molecule has 0 atom stereocenters. The predicted molar refractivity (Wildman–Crippen MR) is 45.4 cm³/mol. The molecule has 0 aliphatic heterocycles. The topological polar surface area (TPSA) is 52.3 Å². The molecule has 0 spiro atoms. The molecule has 1 aromatic rings. The lowest BCUT2D eigenvalue weighted by atomic mass is 10.1. The number of carbonyl (C=O) groups is 1. The largest absolute Gasteiger partial charge is 0.469 e. The van der Waals surface area contributed by atoms with Gasteiger partial charge in [0, 0.05) is 5.69 Å². The molecule has 0 saturated carbocycles. The average molecular weight is 164 g/mol. The molecule has 0 bridgehead atoms. The minimum absolute atomic E-state index is 0.219. The number of nitrogens with two attached hydrogens (primary N) is 1. The maximum absolute atomic E-state index is 10.8. The van der Waals surface area contributed by atoms with Crippen LogP contribution in [-0.2, 0) is 16.0 Å². The molecule has 0 aliphatic carbocycles. The molecule has 0 aromatic heterocycles. The van der Waals surface area contributed by atoms with Crippen LogP contribution in [0.4, 0.5) is 5.69 Å². The van der Waals surface area contributed by atoms with Crippen molar-refractivity contribution >= 4 is 11.7 Å². The quantitative estimate of drug-likeness (QED) is 0.519. The van der Waals surface area contributed by atoms with E-state index in [1.165, 1.54) is 7.11 Å². The van der Waals surface area contributed by atoms with E-state index in [0.717, 1.165) is 5.56 Å². The molecule has 0 heterocycles. The summed E-state index contributed by atoms with van der Waals surface area (Å²) < 4.78 is 4.50. The average Bonchev–Trinajstić information content (AvgIpc) is 2.09. The summed E-state index contributed by atoms with van der Waals surface area (Å²) in [5.41, 5.74) is 6.93. The standard InChI is InChI=1S/C9H10NO2/c1-12-9(11)6-7-4-2-3-5-8(7)10/h2,4-5H,6,10H2,1H3. The van der Waals surface area contributed by atoms with Crippen molar-refractivity contribution in [1.82, 2.24) is 0 Å². The zero-order valence-electron chi connectivity index (χ0n) is 6.83. The lowest BCUT2D eigenvalue weighted by Gasteiger charge is -2.02. The summed E-state index contributed by atoms with van der Waals surface area (Å²) in [7, 11) is 1.35. The van der Waals surface area contributed by atoms with Crippen LogP contribution in [-0.4, -0.2) is 13.1 Å². The number of esters is 1. The predicted octanol–water partition coefficient (Wildman–Crippen LogP) is 0.784. The maximum atomic E-state index is 10.8. The molecule has 12 heavy (non-hydrogen) atoms. The summed E-state index contributed by atoms with van der Waals surface area (Å²) in [4.78, 5) is 10.8. The van der Waals surface area contributed by atoms with Gasteiger partial charge in [0.2, 0.25) is 0 Å². The second-order valence-corrected chi connectivity index (χ2v) is 2.38. The van der Waals surface area contributed by atoms with Crippen LogP contribution in [0.1, 0.15) is 5.56 Å². The number of methoxy groups -OCH3 is 1. The maximum Gasteiger partial charge on any atom is 0.310 e. The monoisotopic (exact) mass is 164 g/mol. The van der Waals surface area contributed by atoms with Gasteiger partial charge in [0.05, 0.1) is 13.5 Å². The van der Waals surface area contributed by atoms with E-state index in [9.17, 15) is 4.79 Å². The normalized spacial score (nSPS) is 9.42. The molecule has 0 saturated heterocycles. The Balaban J connectivity index is 2.75. The molecule has 0 amide bonds. The zero-order chi connectivity index (χ0) is 8.97. The first-order chi connectivity index (χ1) is 5.74. The zero-order valence-corrected chi connectivity index (χ0v) is 6.83. The Labute approximate surface area is 71.1 Å². The first-order valence-corrected chi connectivity index (χ1v) is 3.55. The third kappa shape index (κ3) is 1.99. The van der Waals surface area contributed by atoms with E-state index in [1.54, 1.807) is 18.2 Å². The van der Waals surface area contributed by atoms with Crippen molar-refractivity contribution in [2.24, 2.45) is 0 Å². The fourth-order valence-corrected chi connectivity index (χ4v) is 0.864. The SMILES string of the molecule is COC(=O)Cc1cc[c]cc1N. The van der Waals surface area contributed by atoms with Gasteiger partial charge in [-0.15, -0.1) is 0 Å². The van der Waals surface area contributed by atoms with Crippen LogP contribution in [0, 0.1) is 6.07 Å². The molecule has 1 rings (SSSR count). The number of anilines is 1. The highest BCUT2D eigenvalue weighted by Gasteiger charge is 2.04. The van der Waals surface area contributed by atoms with Crippen LogP contribution < -0.4 is 5.73 Å². The lowest BCUT2D eigenvalue weighted by Crippen LogP contribution is -2.06. The van der Waals surface area contributed by atoms with Gasteiger partial charge in [0.1, 0.15) is 0 Å². The Morgan fingerprint density at radius 2 is 2.50 bits per heavy atom. The number of hydrogen-bond acceptors (Lipinski definition) is 3. The molecular weight excluding hydrogens is 154 g/mol. The number of nitrogen functional groups attached to an aromatic ring is 1. The van der Waals surface area contributed by atoms with Crippen molar-refractivity contribution in [3.63, 3.8) is 0 Å². The summed E-state index contributed by atoms with van der Waals surface area (Å²) in [6.07, 6.45) is 0.219. The molecular formula is C9H10NO2. The van der Waals surface area contributed by atoms with E-state index in [1.807, 2.05) is 0 Å². The van der Waals surface area contributed by atoms with Gasteiger partial charge in [-0.25, -0.2) is 0 Å². The minimum atomic E-state index is -0.284. The molecule has 3 nitrogen and oxygen atoms in total. The fraction of sp³-hybridized carbons (Fsp3) is 0.222. The van der Waals surface area contributed by atoms with Crippen molar-refractivity contribution in [1.29, 1.82) is 0 Å².